The van der Waals surface area contributed by atoms with Gasteiger partial charge in [-0.25, -0.2) is 4.79 Å². The molecule has 0 aliphatic heterocycles. The molecule has 2 aromatic rings. The van der Waals surface area contributed by atoms with Gasteiger partial charge in [0.25, 0.3) is 5.91 Å². The molecule has 0 radical (unpaired) electrons. The Hall–Kier alpha value is -2.82. The second kappa shape index (κ2) is 7.64. The van der Waals surface area contributed by atoms with Crippen LogP contribution in [0, 0.1) is 20.8 Å². The lowest BCUT2D eigenvalue weighted by Crippen LogP contribution is -2.21. The standard InChI is InChI=1S/C19H21NO4/c1-12-5-7-15(14(3)9-12)19(22)24-11-18(21)20-16-10-13(2)6-8-17(16)23-4/h5-10H,11H2,1-4H3,(H,20,21). The number of rotatable bonds is 5. The summed E-state index contributed by atoms with van der Waals surface area (Å²) in [6.07, 6.45) is 0. The van der Waals surface area contributed by atoms with Gasteiger partial charge in [-0.3, -0.25) is 4.79 Å². The molecule has 0 unspecified atom stereocenters. The van der Waals surface area contributed by atoms with Crippen LogP contribution in [0.4, 0.5) is 5.69 Å². The normalized spacial score (nSPS) is 10.2. The number of amides is 1. The van der Waals surface area contributed by atoms with E-state index in [0.717, 1.165) is 16.7 Å². The Morgan fingerprint density at radius 3 is 2.33 bits per heavy atom. The second-order valence-electron chi connectivity index (χ2n) is 5.65. The smallest absolute Gasteiger partial charge is 0.338 e. The number of aryl methyl sites for hydroxylation is 3. The van der Waals surface area contributed by atoms with Gasteiger partial charge < -0.3 is 14.8 Å². The lowest BCUT2D eigenvalue weighted by atomic mass is 10.1. The van der Waals surface area contributed by atoms with Crippen LogP contribution in [0.15, 0.2) is 36.4 Å². The van der Waals surface area contributed by atoms with E-state index in [1.54, 1.807) is 18.2 Å². The molecular formula is C19H21NO4. The highest BCUT2D eigenvalue weighted by atomic mass is 16.5. The fourth-order valence-electron chi connectivity index (χ4n) is 2.36. The molecule has 0 aliphatic carbocycles. The maximum Gasteiger partial charge on any atom is 0.338 e. The summed E-state index contributed by atoms with van der Waals surface area (Å²) in [4.78, 5) is 24.1. The van der Waals surface area contributed by atoms with Crippen molar-refractivity contribution < 1.29 is 19.1 Å². The molecule has 1 amide bonds. The van der Waals surface area contributed by atoms with Crippen molar-refractivity contribution in [3.05, 3.63) is 58.7 Å². The van der Waals surface area contributed by atoms with Crippen molar-refractivity contribution in [2.24, 2.45) is 0 Å². The van der Waals surface area contributed by atoms with Crippen molar-refractivity contribution in [1.29, 1.82) is 0 Å². The van der Waals surface area contributed by atoms with Crippen LogP contribution in [-0.2, 0) is 9.53 Å². The number of anilines is 1. The third-order valence-electron chi connectivity index (χ3n) is 3.57. The largest absolute Gasteiger partial charge is 0.495 e. The third kappa shape index (κ3) is 4.35. The molecule has 0 saturated carbocycles. The van der Waals surface area contributed by atoms with Crippen LogP contribution in [0.2, 0.25) is 0 Å². The van der Waals surface area contributed by atoms with Crippen LogP contribution in [0.3, 0.4) is 0 Å². The van der Waals surface area contributed by atoms with Crippen molar-refractivity contribution >= 4 is 17.6 Å². The molecule has 0 heterocycles. The van der Waals surface area contributed by atoms with Gasteiger partial charge in [0.15, 0.2) is 6.61 Å². The molecule has 0 bridgehead atoms. The highest BCUT2D eigenvalue weighted by Crippen LogP contribution is 2.25. The zero-order chi connectivity index (χ0) is 17.7. The first-order valence-corrected chi connectivity index (χ1v) is 7.59. The molecule has 0 aromatic heterocycles. The summed E-state index contributed by atoms with van der Waals surface area (Å²) in [6, 6.07) is 10.9. The van der Waals surface area contributed by atoms with E-state index < -0.39 is 11.9 Å². The maximum absolute atomic E-state index is 12.1. The van der Waals surface area contributed by atoms with Gasteiger partial charge in [-0.1, -0.05) is 23.8 Å². The Balaban J connectivity index is 1.98. The minimum atomic E-state index is -0.515. The zero-order valence-corrected chi connectivity index (χ0v) is 14.3. The number of methoxy groups -OCH3 is 1. The predicted octanol–water partition coefficient (Wildman–Crippen LogP) is 3.42. The first-order valence-electron chi connectivity index (χ1n) is 7.59. The van der Waals surface area contributed by atoms with Gasteiger partial charge in [-0.05, 0) is 50.1 Å². The van der Waals surface area contributed by atoms with E-state index in [4.69, 9.17) is 9.47 Å². The molecule has 0 aliphatic rings. The molecule has 1 N–H and O–H groups in total. The summed E-state index contributed by atoms with van der Waals surface area (Å²) in [7, 11) is 1.53. The number of benzene rings is 2. The summed E-state index contributed by atoms with van der Waals surface area (Å²) in [5, 5.41) is 2.69. The molecular weight excluding hydrogens is 306 g/mol. The van der Waals surface area contributed by atoms with Gasteiger partial charge in [0, 0.05) is 0 Å². The minimum Gasteiger partial charge on any atom is -0.495 e. The summed E-state index contributed by atoms with van der Waals surface area (Å²) in [5.74, 6) is -0.384. The highest BCUT2D eigenvalue weighted by molar-refractivity contribution is 5.96. The van der Waals surface area contributed by atoms with Crippen molar-refractivity contribution in [3.63, 3.8) is 0 Å². The van der Waals surface area contributed by atoms with Gasteiger partial charge in [0.05, 0.1) is 18.4 Å². The van der Waals surface area contributed by atoms with Gasteiger partial charge >= 0.3 is 5.97 Å². The number of esters is 1. The SMILES string of the molecule is COc1ccc(C)cc1NC(=O)COC(=O)c1ccc(C)cc1C. The van der Waals surface area contributed by atoms with Crippen LogP contribution in [-0.4, -0.2) is 25.6 Å². The average Bonchev–Trinajstić information content (AvgIpc) is 2.53. The first kappa shape index (κ1) is 17.5. The van der Waals surface area contributed by atoms with Crippen molar-refractivity contribution in [2.45, 2.75) is 20.8 Å². The van der Waals surface area contributed by atoms with E-state index in [-0.39, 0.29) is 6.61 Å². The van der Waals surface area contributed by atoms with Crippen molar-refractivity contribution in [1.82, 2.24) is 0 Å². The van der Waals surface area contributed by atoms with Crippen LogP contribution in [0.25, 0.3) is 0 Å². The van der Waals surface area contributed by atoms with Crippen LogP contribution < -0.4 is 10.1 Å². The van der Waals surface area contributed by atoms with E-state index >= 15 is 0 Å². The Morgan fingerprint density at radius 2 is 1.67 bits per heavy atom. The third-order valence-corrected chi connectivity index (χ3v) is 3.57. The van der Waals surface area contributed by atoms with Gasteiger partial charge in [-0.2, -0.15) is 0 Å². The first-order chi connectivity index (χ1) is 11.4. The fourth-order valence-corrected chi connectivity index (χ4v) is 2.36. The molecule has 0 spiro atoms. The number of carbonyl (C=O) groups excluding carboxylic acids is 2. The molecule has 0 saturated heterocycles. The maximum atomic E-state index is 12.1. The van der Waals surface area contributed by atoms with Crippen LogP contribution in [0.5, 0.6) is 5.75 Å². The van der Waals surface area contributed by atoms with E-state index in [1.807, 2.05) is 39.0 Å². The molecule has 0 atom stereocenters. The molecule has 2 aromatic carbocycles. The molecule has 0 fully saturated rings. The second-order valence-corrected chi connectivity index (χ2v) is 5.65. The topological polar surface area (TPSA) is 64.6 Å². The molecule has 5 nitrogen and oxygen atoms in total. The van der Waals surface area contributed by atoms with Gasteiger partial charge in [-0.15, -0.1) is 0 Å². The highest BCUT2D eigenvalue weighted by Gasteiger charge is 2.14. The van der Waals surface area contributed by atoms with E-state index in [2.05, 4.69) is 5.32 Å². The number of hydrogen-bond acceptors (Lipinski definition) is 4. The minimum absolute atomic E-state index is 0.358. The quantitative estimate of drug-likeness (QED) is 0.855. The monoisotopic (exact) mass is 327 g/mol. The van der Waals surface area contributed by atoms with E-state index in [1.165, 1.54) is 7.11 Å². The zero-order valence-electron chi connectivity index (χ0n) is 14.3. The molecule has 2 rings (SSSR count). The Kier molecular flexibility index (Phi) is 5.58. The molecule has 24 heavy (non-hydrogen) atoms. The number of nitrogens with one attached hydrogen (secondary N) is 1. The Bertz CT molecular complexity index is 768. The average molecular weight is 327 g/mol. The predicted molar refractivity (Wildman–Crippen MR) is 92.6 cm³/mol. The van der Waals surface area contributed by atoms with Crippen molar-refractivity contribution in [3.8, 4) is 5.75 Å². The summed E-state index contributed by atoms with van der Waals surface area (Å²) >= 11 is 0. The summed E-state index contributed by atoms with van der Waals surface area (Å²) in [5.41, 5.74) is 3.87. The Labute approximate surface area is 141 Å². The summed E-state index contributed by atoms with van der Waals surface area (Å²) < 4.78 is 10.3. The molecule has 126 valence electrons. The number of carbonyl (C=O) groups is 2. The van der Waals surface area contributed by atoms with Gasteiger partial charge in [0.2, 0.25) is 0 Å². The lowest BCUT2D eigenvalue weighted by Gasteiger charge is -2.11. The van der Waals surface area contributed by atoms with Crippen molar-refractivity contribution in [2.75, 3.05) is 19.0 Å². The lowest BCUT2D eigenvalue weighted by molar-refractivity contribution is -0.119. The van der Waals surface area contributed by atoms with E-state index in [0.29, 0.717) is 17.0 Å². The summed E-state index contributed by atoms with van der Waals surface area (Å²) in [6.45, 7) is 5.34. The number of ether oxygens (including phenoxy) is 2. The fraction of sp³-hybridized carbons (Fsp3) is 0.263. The number of hydrogen-bond donors (Lipinski definition) is 1. The van der Waals surface area contributed by atoms with Crippen LogP contribution >= 0.6 is 0 Å². The Morgan fingerprint density at radius 1 is 1.00 bits per heavy atom. The van der Waals surface area contributed by atoms with E-state index in [9.17, 15) is 9.59 Å². The van der Waals surface area contributed by atoms with Gasteiger partial charge in [0.1, 0.15) is 5.75 Å². The van der Waals surface area contributed by atoms with Crippen LogP contribution in [0.1, 0.15) is 27.0 Å². The molecule has 5 heteroatoms.